The highest BCUT2D eigenvalue weighted by atomic mass is 79.9. The van der Waals surface area contributed by atoms with E-state index in [2.05, 4.69) is 15.9 Å². The van der Waals surface area contributed by atoms with E-state index in [1.165, 1.54) is 12.1 Å². The summed E-state index contributed by atoms with van der Waals surface area (Å²) in [6.07, 6.45) is 0. The zero-order valence-electron chi connectivity index (χ0n) is 9.28. The van der Waals surface area contributed by atoms with E-state index >= 15 is 0 Å². The van der Waals surface area contributed by atoms with Crippen LogP contribution in [0.5, 0.6) is 0 Å². The molecule has 1 nitrogen and oxygen atoms in total. The minimum Gasteiger partial charge on any atom is -0.288 e. The van der Waals surface area contributed by atoms with Crippen LogP contribution in [-0.2, 0) is 0 Å². The number of fused-ring (bicyclic) bond motifs is 1. The smallest absolute Gasteiger partial charge is 0.201 e. The van der Waals surface area contributed by atoms with Crippen molar-refractivity contribution >= 4 is 27.3 Å². The lowest BCUT2D eigenvalue weighted by molar-refractivity contribution is 0.104. The number of allylic oxidation sites excluding steroid dienone is 1. The number of carbonyl (C=O) groups excluding carboxylic acids is 1. The number of halogens is 2. The number of ketones is 1. The van der Waals surface area contributed by atoms with Crippen LogP contribution in [-0.4, -0.2) is 5.78 Å². The summed E-state index contributed by atoms with van der Waals surface area (Å²) < 4.78 is 13.5. The van der Waals surface area contributed by atoms with Gasteiger partial charge in [-0.2, -0.15) is 0 Å². The first-order chi connectivity index (χ1) is 8.68. The van der Waals surface area contributed by atoms with E-state index in [1.807, 2.05) is 18.2 Å². The lowest BCUT2D eigenvalue weighted by Gasteiger charge is -2.05. The summed E-state index contributed by atoms with van der Waals surface area (Å²) in [4.78, 5) is 12.1. The first-order valence-corrected chi connectivity index (χ1v) is 6.27. The van der Waals surface area contributed by atoms with Crippen molar-refractivity contribution in [3.05, 3.63) is 75.5 Å². The Bertz CT molecular complexity index is 671. The molecule has 0 heterocycles. The first kappa shape index (κ1) is 11.4. The highest BCUT2D eigenvalue weighted by Crippen LogP contribution is 2.39. The summed E-state index contributed by atoms with van der Waals surface area (Å²) in [5, 5.41) is 0. The predicted octanol–water partition coefficient (Wildman–Crippen LogP) is 4.18. The SMILES string of the molecule is O=C1C(Br)=C(c2ccc(F)cc2)c2ccccc21. The van der Waals surface area contributed by atoms with Gasteiger partial charge < -0.3 is 0 Å². The van der Waals surface area contributed by atoms with Gasteiger partial charge in [0, 0.05) is 11.1 Å². The summed E-state index contributed by atoms with van der Waals surface area (Å²) in [5.41, 5.74) is 3.24. The van der Waals surface area contributed by atoms with Crippen molar-refractivity contribution in [2.75, 3.05) is 0 Å². The molecule has 0 fully saturated rings. The maximum absolute atomic E-state index is 12.9. The van der Waals surface area contributed by atoms with Gasteiger partial charge in [-0.3, -0.25) is 4.79 Å². The van der Waals surface area contributed by atoms with Crippen molar-refractivity contribution < 1.29 is 9.18 Å². The van der Waals surface area contributed by atoms with E-state index in [-0.39, 0.29) is 11.6 Å². The van der Waals surface area contributed by atoms with Crippen molar-refractivity contribution in [1.29, 1.82) is 0 Å². The van der Waals surface area contributed by atoms with Gasteiger partial charge in [-0.05, 0) is 39.2 Å². The molecule has 0 radical (unpaired) electrons. The summed E-state index contributed by atoms with van der Waals surface area (Å²) in [5.74, 6) is -0.307. The van der Waals surface area contributed by atoms with E-state index in [1.54, 1.807) is 18.2 Å². The number of carbonyl (C=O) groups is 1. The Kier molecular flexibility index (Phi) is 2.63. The molecule has 0 saturated heterocycles. The van der Waals surface area contributed by atoms with Gasteiger partial charge >= 0.3 is 0 Å². The van der Waals surface area contributed by atoms with Gasteiger partial charge in [0.1, 0.15) is 5.82 Å². The molecule has 1 aliphatic carbocycles. The molecule has 0 spiro atoms. The fraction of sp³-hybridized carbons (Fsp3) is 0. The normalized spacial score (nSPS) is 14.0. The summed E-state index contributed by atoms with van der Waals surface area (Å²) in [6, 6.07) is 13.6. The van der Waals surface area contributed by atoms with Crippen LogP contribution in [0.15, 0.2) is 53.0 Å². The third kappa shape index (κ3) is 1.63. The summed E-state index contributed by atoms with van der Waals surface area (Å²) >= 11 is 3.34. The van der Waals surface area contributed by atoms with E-state index in [0.717, 1.165) is 16.7 Å². The number of rotatable bonds is 1. The Morgan fingerprint density at radius 3 is 2.17 bits per heavy atom. The molecule has 0 amide bonds. The second-order valence-electron chi connectivity index (χ2n) is 4.07. The molecule has 88 valence electrons. The molecule has 0 unspecified atom stereocenters. The number of benzene rings is 2. The Labute approximate surface area is 112 Å². The highest BCUT2D eigenvalue weighted by Gasteiger charge is 2.28. The molecule has 0 aromatic heterocycles. The number of hydrogen-bond donors (Lipinski definition) is 0. The Morgan fingerprint density at radius 2 is 1.50 bits per heavy atom. The lowest BCUT2D eigenvalue weighted by Crippen LogP contribution is -1.92. The van der Waals surface area contributed by atoms with Crippen LogP contribution in [0.25, 0.3) is 5.57 Å². The average molecular weight is 303 g/mol. The molecule has 0 atom stereocenters. The van der Waals surface area contributed by atoms with E-state index in [4.69, 9.17) is 0 Å². The minimum atomic E-state index is -0.284. The van der Waals surface area contributed by atoms with Gasteiger partial charge in [-0.1, -0.05) is 36.4 Å². The molecule has 0 N–H and O–H groups in total. The molecule has 18 heavy (non-hydrogen) atoms. The first-order valence-electron chi connectivity index (χ1n) is 5.48. The minimum absolute atomic E-state index is 0.0232. The van der Waals surface area contributed by atoms with Crippen LogP contribution in [0, 0.1) is 5.82 Å². The second kappa shape index (κ2) is 4.18. The Morgan fingerprint density at radius 1 is 0.889 bits per heavy atom. The number of Topliss-reactive ketones (excluding diaryl/α,β-unsaturated/α-hetero) is 1. The molecule has 3 heteroatoms. The van der Waals surface area contributed by atoms with Gasteiger partial charge in [0.05, 0.1) is 4.48 Å². The average Bonchev–Trinajstić information content (AvgIpc) is 2.64. The maximum Gasteiger partial charge on any atom is 0.201 e. The fourth-order valence-electron chi connectivity index (χ4n) is 2.15. The zero-order chi connectivity index (χ0) is 12.7. The van der Waals surface area contributed by atoms with Gasteiger partial charge in [0.2, 0.25) is 5.78 Å². The summed E-state index contributed by atoms with van der Waals surface area (Å²) in [7, 11) is 0. The van der Waals surface area contributed by atoms with Crippen molar-refractivity contribution in [3.63, 3.8) is 0 Å². The van der Waals surface area contributed by atoms with Crippen LogP contribution >= 0.6 is 15.9 Å². The molecular formula is C15H8BrFO. The third-order valence-electron chi connectivity index (χ3n) is 2.99. The molecule has 0 bridgehead atoms. The Hall–Kier alpha value is -1.74. The molecule has 0 aliphatic heterocycles. The number of hydrogen-bond acceptors (Lipinski definition) is 1. The molecule has 2 aromatic rings. The van der Waals surface area contributed by atoms with E-state index < -0.39 is 0 Å². The molecule has 0 saturated carbocycles. The van der Waals surface area contributed by atoms with Crippen molar-refractivity contribution in [1.82, 2.24) is 0 Å². The zero-order valence-corrected chi connectivity index (χ0v) is 10.9. The molecule has 1 aliphatic rings. The largest absolute Gasteiger partial charge is 0.288 e. The fourth-order valence-corrected chi connectivity index (χ4v) is 2.80. The van der Waals surface area contributed by atoms with Crippen molar-refractivity contribution in [2.24, 2.45) is 0 Å². The van der Waals surface area contributed by atoms with Gasteiger partial charge in [-0.25, -0.2) is 4.39 Å². The second-order valence-corrected chi connectivity index (χ2v) is 4.86. The Balaban J connectivity index is 2.23. The van der Waals surface area contributed by atoms with Crippen LogP contribution in [0.1, 0.15) is 21.5 Å². The molecular weight excluding hydrogens is 295 g/mol. The highest BCUT2D eigenvalue weighted by molar-refractivity contribution is 9.12. The standard InChI is InChI=1S/C15H8BrFO/c16-14-13(9-5-7-10(17)8-6-9)11-3-1-2-4-12(11)15(14)18/h1-8H. The van der Waals surface area contributed by atoms with Crippen LogP contribution < -0.4 is 0 Å². The topological polar surface area (TPSA) is 17.1 Å². The van der Waals surface area contributed by atoms with Gasteiger partial charge in [0.25, 0.3) is 0 Å². The third-order valence-corrected chi connectivity index (χ3v) is 3.75. The monoisotopic (exact) mass is 302 g/mol. The van der Waals surface area contributed by atoms with Crippen molar-refractivity contribution in [2.45, 2.75) is 0 Å². The molecule has 3 rings (SSSR count). The van der Waals surface area contributed by atoms with Crippen LogP contribution in [0.4, 0.5) is 4.39 Å². The van der Waals surface area contributed by atoms with E-state index in [0.29, 0.717) is 10.0 Å². The van der Waals surface area contributed by atoms with Crippen molar-refractivity contribution in [3.8, 4) is 0 Å². The van der Waals surface area contributed by atoms with Crippen LogP contribution in [0.2, 0.25) is 0 Å². The lowest BCUT2D eigenvalue weighted by atomic mass is 9.99. The quantitative estimate of drug-likeness (QED) is 0.772. The maximum atomic E-state index is 12.9. The van der Waals surface area contributed by atoms with E-state index in [9.17, 15) is 9.18 Å². The molecule has 2 aromatic carbocycles. The summed E-state index contributed by atoms with van der Waals surface area (Å²) in [6.45, 7) is 0. The van der Waals surface area contributed by atoms with Crippen LogP contribution in [0.3, 0.4) is 0 Å². The predicted molar refractivity (Wildman–Crippen MR) is 72.1 cm³/mol. The van der Waals surface area contributed by atoms with Gasteiger partial charge in [0.15, 0.2) is 0 Å². The van der Waals surface area contributed by atoms with Gasteiger partial charge in [-0.15, -0.1) is 0 Å².